The van der Waals surface area contributed by atoms with Gasteiger partial charge in [0.15, 0.2) is 6.04 Å². The lowest BCUT2D eigenvalue weighted by Gasteiger charge is -2.29. The van der Waals surface area contributed by atoms with Crippen molar-refractivity contribution in [2.45, 2.75) is 32.4 Å². The van der Waals surface area contributed by atoms with Crippen LogP contribution >= 0.6 is 0 Å². The van der Waals surface area contributed by atoms with Crippen molar-refractivity contribution in [2.75, 3.05) is 0 Å². The van der Waals surface area contributed by atoms with Crippen LogP contribution in [0.15, 0.2) is 59.7 Å². The minimum Gasteiger partial charge on any atom is -0.267 e. The molecule has 2 unspecified atom stereocenters. The number of aryl methyl sites for hydroxylation is 1. The monoisotopic (exact) mass is 289 g/mol. The molecule has 1 aliphatic rings. The molecular weight excluding hydrogens is 270 g/mol. The molecule has 2 aromatic rings. The second-order valence-electron chi connectivity index (χ2n) is 5.73. The van der Waals surface area contributed by atoms with E-state index in [0.29, 0.717) is 0 Å². The summed E-state index contributed by atoms with van der Waals surface area (Å²) in [5.74, 6) is 0. The van der Waals surface area contributed by atoms with Crippen LogP contribution in [0.1, 0.15) is 42.1 Å². The third-order valence-corrected chi connectivity index (χ3v) is 4.15. The second-order valence-corrected chi connectivity index (χ2v) is 5.73. The fraction of sp³-hybridized carbons (Fsp3) is 0.263. The summed E-state index contributed by atoms with van der Waals surface area (Å²) in [6, 6.07) is 20.6. The standard InChI is InChI=1S/C19H19N3/c1-14-8-6-7-11-17(14)19(13-20)22-18(12-15(2)21-22)16-9-4-3-5-10-16/h3-11,18-19H,12H2,1-2H3. The molecule has 3 heteroatoms. The van der Waals surface area contributed by atoms with Gasteiger partial charge in [-0.3, -0.25) is 5.01 Å². The Bertz CT molecular complexity index is 728. The van der Waals surface area contributed by atoms with E-state index in [9.17, 15) is 5.26 Å². The Hall–Kier alpha value is -2.60. The zero-order chi connectivity index (χ0) is 15.5. The van der Waals surface area contributed by atoms with Gasteiger partial charge in [-0.15, -0.1) is 0 Å². The molecule has 0 fully saturated rings. The van der Waals surface area contributed by atoms with Gasteiger partial charge in [0.1, 0.15) is 0 Å². The van der Waals surface area contributed by atoms with Crippen molar-refractivity contribution in [2.24, 2.45) is 5.10 Å². The molecule has 0 aliphatic carbocycles. The van der Waals surface area contributed by atoms with Crippen LogP contribution in [0.25, 0.3) is 0 Å². The van der Waals surface area contributed by atoms with Gasteiger partial charge < -0.3 is 0 Å². The van der Waals surface area contributed by atoms with E-state index in [-0.39, 0.29) is 12.1 Å². The molecule has 0 amide bonds. The van der Waals surface area contributed by atoms with Gasteiger partial charge in [-0.05, 0) is 30.5 Å². The zero-order valence-electron chi connectivity index (χ0n) is 12.9. The highest BCUT2D eigenvalue weighted by atomic mass is 15.5. The number of nitrogens with zero attached hydrogens (tertiary/aromatic N) is 3. The Morgan fingerprint density at radius 2 is 1.77 bits per heavy atom. The molecule has 0 bridgehead atoms. The van der Waals surface area contributed by atoms with Crippen LogP contribution in [0.3, 0.4) is 0 Å². The maximum absolute atomic E-state index is 9.75. The Morgan fingerprint density at radius 1 is 1.09 bits per heavy atom. The first-order valence-electron chi connectivity index (χ1n) is 7.53. The molecule has 110 valence electrons. The van der Waals surface area contributed by atoms with Crippen molar-refractivity contribution in [3.8, 4) is 6.07 Å². The highest BCUT2D eigenvalue weighted by molar-refractivity contribution is 5.84. The fourth-order valence-corrected chi connectivity index (χ4v) is 3.03. The van der Waals surface area contributed by atoms with Gasteiger partial charge in [-0.2, -0.15) is 10.4 Å². The van der Waals surface area contributed by atoms with Gasteiger partial charge in [0.25, 0.3) is 0 Å². The number of benzene rings is 2. The summed E-state index contributed by atoms with van der Waals surface area (Å²) in [6.45, 7) is 4.08. The smallest absolute Gasteiger partial charge is 0.159 e. The molecule has 22 heavy (non-hydrogen) atoms. The van der Waals surface area contributed by atoms with Crippen molar-refractivity contribution in [3.63, 3.8) is 0 Å². The van der Waals surface area contributed by atoms with Crippen LogP contribution < -0.4 is 0 Å². The summed E-state index contributed by atoms with van der Waals surface area (Å²) in [6.07, 6.45) is 0.869. The summed E-state index contributed by atoms with van der Waals surface area (Å²) in [5.41, 5.74) is 4.43. The highest BCUT2D eigenvalue weighted by Crippen LogP contribution is 2.38. The van der Waals surface area contributed by atoms with Gasteiger partial charge in [0.05, 0.1) is 12.1 Å². The van der Waals surface area contributed by atoms with E-state index in [2.05, 4.69) is 23.3 Å². The Kier molecular flexibility index (Phi) is 3.93. The fourth-order valence-electron chi connectivity index (χ4n) is 3.03. The van der Waals surface area contributed by atoms with E-state index in [1.54, 1.807) is 0 Å². The summed E-state index contributed by atoms with van der Waals surface area (Å²) in [5, 5.41) is 16.4. The molecule has 0 saturated carbocycles. The lowest BCUT2D eigenvalue weighted by molar-refractivity contribution is 0.196. The van der Waals surface area contributed by atoms with E-state index in [0.717, 1.165) is 23.3 Å². The lowest BCUT2D eigenvalue weighted by atomic mass is 9.97. The molecule has 0 saturated heterocycles. The lowest BCUT2D eigenvalue weighted by Crippen LogP contribution is -2.24. The quantitative estimate of drug-likeness (QED) is 0.841. The molecule has 3 nitrogen and oxygen atoms in total. The van der Waals surface area contributed by atoms with Gasteiger partial charge in [-0.25, -0.2) is 0 Å². The van der Waals surface area contributed by atoms with Crippen LogP contribution in [0, 0.1) is 18.3 Å². The van der Waals surface area contributed by atoms with Crippen molar-refractivity contribution in [1.29, 1.82) is 5.26 Å². The predicted octanol–water partition coefficient (Wildman–Crippen LogP) is 4.38. The van der Waals surface area contributed by atoms with Gasteiger partial charge in [-0.1, -0.05) is 54.6 Å². The Labute approximate surface area is 131 Å². The third kappa shape index (κ3) is 2.60. The van der Waals surface area contributed by atoms with Gasteiger partial charge in [0.2, 0.25) is 0 Å². The molecule has 1 aliphatic heterocycles. The predicted molar refractivity (Wildman–Crippen MR) is 88.3 cm³/mol. The molecule has 0 N–H and O–H groups in total. The number of hydrogen-bond donors (Lipinski definition) is 0. The van der Waals surface area contributed by atoms with Gasteiger partial charge >= 0.3 is 0 Å². The van der Waals surface area contributed by atoms with Crippen LogP contribution in [0.2, 0.25) is 0 Å². The highest BCUT2D eigenvalue weighted by Gasteiger charge is 2.33. The molecule has 2 atom stereocenters. The van der Waals surface area contributed by atoms with E-state index < -0.39 is 0 Å². The maximum Gasteiger partial charge on any atom is 0.159 e. The maximum atomic E-state index is 9.75. The van der Waals surface area contributed by atoms with Crippen LogP contribution in [-0.2, 0) is 0 Å². The Balaban J connectivity index is 2.00. The average Bonchev–Trinajstić information content (AvgIpc) is 2.92. The first kappa shape index (κ1) is 14.3. The molecule has 2 aromatic carbocycles. The first-order valence-corrected chi connectivity index (χ1v) is 7.53. The SMILES string of the molecule is CC1=NN(C(C#N)c2ccccc2C)C(c2ccccc2)C1. The Morgan fingerprint density at radius 3 is 2.45 bits per heavy atom. The normalized spacial score (nSPS) is 18.7. The topological polar surface area (TPSA) is 39.4 Å². The molecule has 0 aromatic heterocycles. The summed E-state index contributed by atoms with van der Waals surface area (Å²) >= 11 is 0. The van der Waals surface area contributed by atoms with Crippen molar-refractivity contribution < 1.29 is 0 Å². The first-order chi connectivity index (χ1) is 10.7. The molecule has 3 rings (SSSR count). The minimum absolute atomic E-state index is 0.130. The molecule has 0 spiro atoms. The number of nitriles is 1. The van der Waals surface area contributed by atoms with Crippen LogP contribution in [-0.4, -0.2) is 10.7 Å². The van der Waals surface area contributed by atoms with E-state index in [1.165, 1.54) is 5.56 Å². The average molecular weight is 289 g/mol. The number of hydrogen-bond acceptors (Lipinski definition) is 3. The van der Waals surface area contributed by atoms with Crippen molar-refractivity contribution >= 4 is 5.71 Å². The van der Waals surface area contributed by atoms with E-state index >= 15 is 0 Å². The van der Waals surface area contributed by atoms with E-state index in [4.69, 9.17) is 0 Å². The minimum atomic E-state index is -0.358. The van der Waals surface area contributed by atoms with Crippen molar-refractivity contribution in [3.05, 3.63) is 71.3 Å². The summed E-state index contributed by atoms with van der Waals surface area (Å²) < 4.78 is 0. The van der Waals surface area contributed by atoms with E-state index in [1.807, 2.05) is 61.3 Å². The largest absolute Gasteiger partial charge is 0.267 e. The molecule has 0 radical (unpaired) electrons. The van der Waals surface area contributed by atoms with Crippen molar-refractivity contribution in [1.82, 2.24) is 5.01 Å². The summed E-state index contributed by atoms with van der Waals surface area (Å²) in [4.78, 5) is 0. The van der Waals surface area contributed by atoms with Crippen LogP contribution in [0.5, 0.6) is 0 Å². The summed E-state index contributed by atoms with van der Waals surface area (Å²) in [7, 11) is 0. The molecular formula is C19H19N3. The second kappa shape index (κ2) is 6.03. The number of hydrazone groups is 1. The zero-order valence-corrected chi connectivity index (χ0v) is 12.9. The number of rotatable bonds is 3. The molecule has 1 heterocycles. The third-order valence-electron chi connectivity index (χ3n) is 4.15. The van der Waals surface area contributed by atoms with Gasteiger partial charge in [0, 0.05) is 12.1 Å². The van der Waals surface area contributed by atoms with Crippen LogP contribution in [0.4, 0.5) is 0 Å².